The second-order valence-electron chi connectivity index (χ2n) is 4.68. The molecular weight excluding hydrogens is 299 g/mol. The van der Waals surface area contributed by atoms with Crippen LogP contribution < -0.4 is 16.0 Å². The van der Waals surface area contributed by atoms with Crippen molar-refractivity contribution in [1.29, 1.82) is 0 Å². The van der Waals surface area contributed by atoms with Gasteiger partial charge in [0.2, 0.25) is 0 Å². The van der Waals surface area contributed by atoms with Gasteiger partial charge in [-0.1, -0.05) is 0 Å². The minimum Gasteiger partial charge on any atom is -0.356 e. The predicted molar refractivity (Wildman–Crippen MR) is 86.2 cm³/mol. The van der Waals surface area contributed by atoms with E-state index in [1.807, 2.05) is 13.0 Å². The highest BCUT2D eigenvalue weighted by Crippen LogP contribution is 2.21. The summed E-state index contributed by atoms with van der Waals surface area (Å²) in [6, 6.07) is 3.59. The van der Waals surface area contributed by atoms with E-state index in [-0.39, 0.29) is 36.8 Å². The molecule has 0 spiro atoms. The quantitative estimate of drug-likeness (QED) is 0.884. The van der Waals surface area contributed by atoms with Crippen molar-refractivity contribution in [1.82, 2.24) is 10.3 Å². The largest absolute Gasteiger partial charge is 0.356 e. The van der Waals surface area contributed by atoms with E-state index >= 15 is 0 Å². The van der Waals surface area contributed by atoms with Gasteiger partial charge in [0.05, 0.1) is 5.56 Å². The molecule has 1 saturated heterocycles. The summed E-state index contributed by atoms with van der Waals surface area (Å²) in [7, 11) is 0. The average Bonchev–Trinajstić information content (AvgIpc) is 2.92. The lowest BCUT2D eigenvalue weighted by Crippen LogP contribution is -2.38. The van der Waals surface area contributed by atoms with Gasteiger partial charge >= 0.3 is 0 Å². The summed E-state index contributed by atoms with van der Waals surface area (Å²) in [5, 5.41) is 2.88. The van der Waals surface area contributed by atoms with Crippen molar-refractivity contribution in [2.75, 3.05) is 24.5 Å². The molecule has 0 unspecified atom stereocenters. The summed E-state index contributed by atoms with van der Waals surface area (Å²) in [6.45, 7) is 4.28. The number of hydrogen-bond acceptors (Lipinski definition) is 4. The highest BCUT2D eigenvalue weighted by Gasteiger charge is 2.20. The SMILES string of the molecule is C[C@@H](CN)NC(=O)c1cccnc1N1CCCC1.Cl.Cl. The minimum absolute atomic E-state index is 0. The Morgan fingerprint density at radius 1 is 1.45 bits per heavy atom. The van der Waals surface area contributed by atoms with Gasteiger partial charge in [0.25, 0.3) is 5.91 Å². The van der Waals surface area contributed by atoms with Gasteiger partial charge in [-0.2, -0.15) is 0 Å². The van der Waals surface area contributed by atoms with Crippen LogP contribution >= 0.6 is 24.8 Å². The van der Waals surface area contributed by atoms with Crippen LogP contribution in [0.3, 0.4) is 0 Å². The number of carbonyl (C=O) groups excluding carboxylic acids is 1. The Labute approximate surface area is 132 Å². The number of nitrogens with one attached hydrogen (secondary N) is 1. The number of nitrogens with two attached hydrogens (primary N) is 1. The lowest BCUT2D eigenvalue weighted by atomic mass is 10.2. The zero-order valence-electron chi connectivity index (χ0n) is 11.5. The molecule has 5 nitrogen and oxygen atoms in total. The number of pyridine rings is 1. The third-order valence-corrected chi connectivity index (χ3v) is 3.17. The van der Waals surface area contributed by atoms with Gasteiger partial charge in [-0.15, -0.1) is 24.8 Å². The topological polar surface area (TPSA) is 71.2 Å². The molecule has 0 aromatic carbocycles. The van der Waals surface area contributed by atoms with Crippen LogP contribution in [0.5, 0.6) is 0 Å². The van der Waals surface area contributed by atoms with E-state index in [4.69, 9.17) is 5.73 Å². The Bertz CT molecular complexity index is 425. The Morgan fingerprint density at radius 3 is 2.70 bits per heavy atom. The smallest absolute Gasteiger partial charge is 0.255 e. The first-order valence-electron chi connectivity index (χ1n) is 6.43. The lowest BCUT2D eigenvalue weighted by molar-refractivity contribution is 0.0941. The molecule has 114 valence electrons. The maximum absolute atomic E-state index is 12.2. The third-order valence-electron chi connectivity index (χ3n) is 3.17. The van der Waals surface area contributed by atoms with Gasteiger partial charge in [0.15, 0.2) is 0 Å². The summed E-state index contributed by atoms with van der Waals surface area (Å²) in [6.07, 6.45) is 4.06. The zero-order chi connectivity index (χ0) is 13.0. The molecule has 7 heteroatoms. The highest BCUT2D eigenvalue weighted by molar-refractivity contribution is 5.99. The van der Waals surface area contributed by atoms with Gasteiger partial charge < -0.3 is 16.0 Å². The molecule has 0 aliphatic carbocycles. The molecule has 2 rings (SSSR count). The van der Waals surface area contributed by atoms with Crippen molar-refractivity contribution < 1.29 is 4.79 Å². The Morgan fingerprint density at radius 2 is 2.10 bits per heavy atom. The molecule has 0 saturated carbocycles. The Balaban J connectivity index is 0.00000180. The zero-order valence-corrected chi connectivity index (χ0v) is 13.2. The second-order valence-corrected chi connectivity index (χ2v) is 4.68. The summed E-state index contributed by atoms with van der Waals surface area (Å²) in [5.74, 6) is 0.694. The van der Waals surface area contributed by atoms with Crippen molar-refractivity contribution in [3.8, 4) is 0 Å². The molecule has 1 fully saturated rings. The van der Waals surface area contributed by atoms with Crippen LogP contribution in [-0.4, -0.2) is 36.6 Å². The number of nitrogens with zero attached hydrogens (tertiary/aromatic N) is 2. The molecule has 1 aliphatic rings. The first-order valence-corrected chi connectivity index (χ1v) is 6.43. The van der Waals surface area contributed by atoms with Crippen molar-refractivity contribution in [2.45, 2.75) is 25.8 Å². The molecule has 20 heavy (non-hydrogen) atoms. The molecule has 1 amide bonds. The summed E-state index contributed by atoms with van der Waals surface area (Å²) >= 11 is 0. The van der Waals surface area contributed by atoms with Crippen molar-refractivity contribution in [3.05, 3.63) is 23.9 Å². The number of anilines is 1. The Kier molecular flexibility index (Phi) is 8.53. The fraction of sp³-hybridized carbons (Fsp3) is 0.538. The summed E-state index contributed by atoms with van der Waals surface area (Å²) in [4.78, 5) is 18.7. The number of rotatable bonds is 4. The molecule has 1 aliphatic heterocycles. The van der Waals surface area contributed by atoms with Crippen LogP contribution in [0.2, 0.25) is 0 Å². The van der Waals surface area contributed by atoms with E-state index in [1.54, 1.807) is 12.3 Å². The van der Waals surface area contributed by atoms with Crippen molar-refractivity contribution in [3.63, 3.8) is 0 Å². The van der Waals surface area contributed by atoms with Gasteiger partial charge in [-0.3, -0.25) is 4.79 Å². The van der Waals surface area contributed by atoms with E-state index in [0.717, 1.165) is 31.7 Å². The van der Waals surface area contributed by atoms with Crippen LogP contribution in [0, 0.1) is 0 Å². The summed E-state index contributed by atoms with van der Waals surface area (Å²) < 4.78 is 0. The van der Waals surface area contributed by atoms with E-state index in [1.165, 1.54) is 0 Å². The molecule has 1 aromatic rings. The number of hydrogen-bond donors (Lipinski definition) is 2. The fourth-order valence-corrected chi connectivity index (χ4v) is 2.12. The fourth-order valence-electron chi connectivity index (χ4n) is 2.12. The maximum Gasteiger partial charge on any atom is 0.255 e. The van der Waals surface area contributed by atoms with Crippen molar-refractivity contribution in [2.24, 2.45) is 5.73 Å². The number of carbonyl (C=O) groups is 1. The van der Waals surface area contributed by atoms with Gasteiger partial charge in [0, 0.05) is 31.9 Å². The minimum atomic E-state index is -0.0945. The van der Waals surface area contributed by atoms with Crippen LogP contribution in [0.1, 0.15) is 30.1 Å². The molecule has 0 radical (unpaired) electrons. The molecule has 3 N–H and O–H groups in total. The third kappa shape index (κ3) is 4.51. The molecule has 0 bridgehead atoms. The van der Waals surface area contributed by atoms with Crippen LogP contribution in [0.25, 0.3) is 0 Å². The van der Waals surface area contributed by atoms with E-state index in [0.29, 0.717) is 12.1 Å². The van der Waals surface area contributed by atoms with E-state index < -0.39 is 0 Å². The van der Waals surface area contributed by atoms with Gasteiger partial charge in [-0.05, 0) is 31.9 Å². The first-order chi connectivity index (χ1) is 8.72. The monoisotopic (exact) mass is 320 g/mol. The lowest BCUT2D eigenvalue weighted by Gasteiger charge is -2.20. The molecule has 1 aromatic heterocycles. The first kappa shape index (κ1) is 19.0. The summed E-state index contributed by atoms with van der Waals surface area (Å²) in [5.41, 5.74) is 6.16. The van der Waals surface area contributed by atoms with Crippen LogP contribution in [-0.2, 0) is 0 Å². The predicted octanol–water partition coefficient (Wildman–Crippen LogP) is 1.60. The average molecular weight is 321 g/mol. The highest BCUT2D eigenvalue weighted by atomic mass is 35.5. The molecule has 1 atom stereocenters. The van der Waals surface area contributed by atoms with E-state index in [9.17, 15) is 4.79 Å². The van der Waals surface area contributed by atoms with Crippen LogP contribution in [0.15, 0.2) is 18.3 Å². The van der Waals surface area contributed by atoms with Crippen molar-refractivity contribution >= 4 is 36.5 Å². The number of amides is 1. The second kappa shape index (κ2) is 9.00. The van der Waals surface area contributed by atoms with E-state index in [2.05, 4.69) is 15.2 Å². The maximum atomic E-state index is 12.2. The van der Waals surface area contributed by atoms with Crippen LogP contribution in [0.4, 0.5) is 5.82 Å². The standard InChI is InChI=1S/C13H20N4O.2ClH/c1-10(9-14)16-13(18)11-5-4-6-15-12(11)17-7-2-3-8-17;;/h4-6,10H,2-3,7-9,14H2,1H3,(H,16,18);2*1H/t10-;;/m0../s1. The molecular formula is C13H22Cl2N4O. The normalized spacial score (nSPS) is 15.0. The van der Waals surface area contributed by atoms with Gasteiger partial charge in [-0.25, -0.2) is 4.98 Å². The number of halogens is 2. The van der Waals surface area contributed by atoms with Gasteiger partial charge in [0.1, 0.15) is 5.82 Å². The number of aromatic nitrogens is 1. The molecule has 2 heterocycles. The Hall–Kier alpha value is -1.04.